The van der Waals surface area contributed by atoms with E-state index in [9.17, 15) is 5.11 Å². The third-order valence-corrected chi connectivity index (χ3v) is 3.81. The zero-order valence-corrected chi connectivity index (χ0v) is 11.0. The summed E-state index contributed by atoms with van der Waals surface area (Å²) in [5.74, 6) is 0. The van der Waals surface area contributed by atoms with Crippen LogP contribution in [-0.2, 0) is 0 Å². The van der Waals surface area contributed by atoms with Gasteiger partial charge in [-0.15, -0.1) is 0 Å². The van der Waals surface area contributed by atoms with Crippen LogP contribution < -0.4 is 0 Å². The molecule has 2 atom stereocenters. The van der Waals surface area contributed by atoms with Crippen LogP contribution in [0.25, 0.3) is 0 Å². The van der Waals surface area contributed by atoms with Gasteiger partial charge in [-0.3, -0.25) is 0 Å². The summed E-state index contributed by atoms with van der Waals surface area (Å²) >= 11 is 0. The maximum absolute atomic E-state index is 10.5. The van der Waals surface area contributed by atoms with E-state index in [1.54, 1.807) is 0 Å². The van der Waals surface area contributed by atoms with Crippen molar-refractivity contribution in [2.45, 2.75) is 38.8 Å². The minimum Gasteiger partial charge on any atom is -0.386 e. The molecule has 0 amide bonds. The van der Waals surface area contributed by atoms with E-state index in [0.29, 0.717) is 0 Å². The van der Waals surface area contributed by atoms with Crippen molar-refractivity contribution in [1.29, 1.82) is 0 Å². The van der Waals surface area contributed by atoms with Crippen molar-refractivity contribution in [3.8, 4) is 0 Å². The van der Waals surface area contributed by atoms with Crippen molar-refractivity contribution in [1.82, 2.24) is 4.90 Å². The lowest BCUT2D eigenvalue weighted by Gasteiger charge is -2.40. The van der Waals surface area contributed by atoms with Crippen LogP contribution in [-0.4, -0.2) is 29.6 Å². The number of nitrogens with zero attached hydrogens (tertiary/aromatic N) is 1. The first-order valence-corrected chi connectivity index (χ1v) is 5.84. The molecule has 1 rings (SSSR count). The molecule has 1 N–H and O–H groups in total. The fourth-order valence-electron chi connectivity index (χ4n) is 1.98. The summed E-state index contributed by atoms with van der Waals surface area (Å²) in [6.45, 7) is 6.26. The molecule has 0 radical (unpaired) electrons. The van der Waals surface area contributed by atoms with Gasteiger partial charge in [0.15, 0.2) is 0 Å². The second-order valence-electron chi connectivity index (χ2n) is 4.86. The average molecular weight is 221 g/mol. The zero-order valence-electron chi connectivity index (χ0n) is 11.0. The first-order chi connectivity index (χ1) is 7.43. The smallest absolute Gasteiger partial charge is 0.0973 e. The first-order valence-electron chi connectivity index (χ1n) is 5.84. The molecule has 0 heterocycles. The maximum Gasteiger partial charge on any atom is 0.0973 e. The van der Waals surface area contributed by atoms with Crippen molar-refractivity contribution >= 4 is 0 Å². The van der Waals surface area contributed by atoms with E-state index in [0.717, 1.165) is 17.5 Å². The van der Waals surface area contributed by atoms with E-state index >= 15 is 0 Å². The van der Waals surface area contributed by atoms with Crippen molar-refractivity contribution in [3.05, 3.63) is 35.4 Å². The van der Waals surface area contributed by atoms with Crippen LogP contribution in [0.4, 0.5) is 0 Å². The van der Waals surface area contributed by atoms with Crippen LogP contribution in [0, 0.1) is 6.92 Å². The van der Waals surface area contributed by atoms with Gasteiger partial charge in [-0.25, -0.2) is 0 Å². The predicted molar refractivity (Wildman–Crippen MR) is 68.5 cm³/mol. The fourth-order valence-corrected chi connectivity index (χ4v) is 1.98. The highest BCUT2D eigenvalue weighted by Crippen LogP contribution is 2.33. The Morgan fingerprint density at radius 3 is 2.31 bits per heavy atom. The van der Waals surface area contributed by atoms with E-state index < -0.39 is 6.10 Å². The summed E-state index contributed by atoms with van der Waals surface area (Å²) in [5.41, 5.74) is 1.96. The topological polar surface area (TPSA) is 23.5 Å². The van der Waals surface area contributed by atoms with Gasteiger partial charge in [0.1, 0.15) is 0 Å². The molecule has 90 valence electrons. The Bertz CT molecular complexity index is 348. The quantitative estimate of drug-likeness (QED) is 0.845. The van der Waals surface area contributed by atoms with Gasteiger partial charge < -0.3 is 10.0 Å². The van der Waals surface area contributed by atoms with Crippen LogP contribution in [0.3, 0.4) is 0 Å². The number of aryl methyl sites for hydroxylation is 1. The largest absolute Gasteiger partial charge is 0.386 e. The molecule has 0 saturated carbocycles. The van der Waals surface area contributed by atoms with Gasteiger partial charge in [0.05, 0.1) is 6.10 Å². The number of benzene rings is 1. The van der Waals surface area contributed by atoms with Gasteiger partial charge in [0.25, 0.3) is 0 Å². The minimum atomic E-state index is -0.450. The number of likely N-dealkylation sites (N-methyl/N-ethyl adjacent to an activating group) is 1. The first kappa shape index (κ1) is 13.2. The summed E-state index contributed by atoms with van der Waals surface area (Å²) in [6, 6.07) is 8.05. The standard InChI is InChI=1S/C14H23NO/c1-6-14(3,15(4)5)13(16)12-10-8-7-9-11(12)2/h7-10,13,16H,6H2,1-5H3. The molecule has 0 aromatic heterocycles. The Balaban J connectivity index is 3.10. The molecular formula is C14H23NO. The Kier molecular flexibility index (Phi) is 4.11. The van der Waals surface area contributed by atoms with Gasteiger partial charge in [-0.05, 0) is 45.5 Å². The molecule has 0 aliphatic rings. The zero-order chi connectivity index (χ0) is 12.3. The molecule has 16 heavy (non-hydrogen) atoms. The third-order valence-electron chi connectivity index (χ3n) is 3.81. The van der Waals surface area contributed by atoms with Crippen LogP contribution in [0.1, 0.15) is 37.5 Å². The molecule has 0 fully saturated rings. The minimum absolute atomic E-state index is 0.216. The van der Waals surface area contributed by atoms with Crippen molar-refractivity contribution < 1.29 is 5.11 Å². The highest BCUT2D eigenvalue weighted by atomic mass is 16.3. The summed E-state index contributed by atoms with van der Waals surface area (Å²) in [6.07, 6.45) is 0.462. The Labute approximate surface area is 98.9 Å². The Morgan fingerprint density at radius 2 is 1.88 bits per heavy atom. The van der Waals surface area contributed by atoms with E-state index in [-0.39, 0.29) is 5.54 Å². The highest BCUT2D eigenvalue weighted by molar-refractivity contribution is 5.29. The highest BCUT2D eigenvalue weighted by Gasteiger charge is 2.34. The Hall–Kier alpha value is -0.860. The van der Waals surface area contributed by atoms with Gasteiger partial charge in [0, 0.05) is 5.54 Å². The predicted octanol–water partition coefficient (Wildman–Crippen LogP) is 2.76. The lowest BCUT2D eigenvalue weighted by Crippen LogP contribution is -2.46. The Morgan fingerprint density at radius 1 is 1.31 bits per heavy atom. The molecule has 2 unspecified atom stereocenters. The second-order valence-corrected chi connectivity index (χ2v) is 4.86. The normalized spacial score (nSPS) is 17.2. The van der Waals surface area contributed by atoms with Crippen molar-refractivity contribution in [2.24, 2.45) is 0 Å². The maximum atomic E-state index is 10.5. The second kappa shape index (κ2) is 4.98. The average Bonchev–Trinajstić information content (AvgIpc) is 2.27. The van der Waals surface area contributed by atoms with Gasteiger partial charge >= 0.3 is 0 Å². The monoisotopic (exact) mass is 221 g/mol. The number of aliphatic hydroxyl groups is 1. The molecule has 0 aliphatic heterocycles. The number of aliphatic hydroxyl groups excluding tert-OH is 1. The van der Waals surface area contributed by atoms with Crippen LogP contribution in [0.15, 0.2) is 24.3 Å². The van der Waals surface area contributed by atoms with Gasteiger partial charge in [-0.1, -0.05) is 31.2 Å². The molecule has 1 aromatic rings. The number of hydrogen-bond acceptors (Lipinski definition) is 2. The van der Waals surface area contributed by atoms with Gasteiger partial charge in [0.2, 0.25) is 0 Å². The molecular weight excluding hydrogens is 198 g/mol. The fraction of sp³-hybridized carbons (Fsp3) is 0.571. The lowest BCUT2D eigenvalue weighted by atomic mass is 9.84. The van der Waals surface area contributed by atoms with Crippen molar-refractivity contribution in [3.63, 3.8) is 0 Å². The van der Waals surface area contributed by atoms with E-state index in [1.165, 1.54) is 0 Å². The van der Waals surface area contributed by atoms with E-state index in [4.69, 9.17) is 0 Å². The van der Waals surface area contributed by atoms with Crippen LogP contribution in [0.5, 0.6) is 0 Å². The van der Waals surface area contributed by atoms with Crippen LogP contribution in [0.2, 0.25) is 0 Å². The molecule has 1 aromatic carbocycles. The molecule has 0 bridgehead atoms. The number of hydrogen-bond donors (Lipinski definition) is 1. The van der Waals surface area contributed by atoms with Crippen molar-refractivity contribution in [2.75, 3.05) is 14.1 Å². The number of rotatable bonds is 4. The molecule has 0 aliphatic carbocycles. The van der Waals surface area contributed by atoms with E-state index in [2.05, 4.69) is 18.7 Å². The lowest BCUT2D eigenvalue weighted by molar-refractivity contribution is 0.000509. The summed E-state index contributed by atoms with van der Waals surface area (Å²) in [4.78, 5) is 2.10. The summed E-state index contributed by atoms with van der Waals surface area (Å²) < 4.78 is 0. The summed E-state index contributed by atoms with van der Waals surface area (Å²) in [7, 11) is 4.04. The van der Waals surface area contributed by atoms with E-state index in [1.807, 2.05) is 45.3 Å². The molecule has 0 spiro atoms. The van der Waals surface area contributed by atoms with Crippen LogP contribution >= 0.6 is 0 Å². The molecule has 0 saturated heterocycles. The molecule has 2 heteroatoms. The summed E-state index contributed by atoms with van der Waals surface area (Å²) in [5, 5.41) is 10.5. The third kappa shape index (κ3) is 2.28. The van der Waals surface area contributed by atoms with Gasteiger partial charge in [-0.2, -0.15) is 0 Å². The SMILES string of the molecule is CCC(C)(C(O)c1ccccc1C)N(C)C. The molecule has 2 nitrogen and oxygen atoms in total.